The SMILES string of the molecule is CCCCNC(=O)C1CCC(C(=O)NCCOc2ccc(OC)cc2)CC1. The number of ether oxygens (including phenoxy) is 2. The van der Waals surface area contributed by atoms with E-state index in [2.05, 4.69) is 17.6 Å². The Kier molecular flexibility index (Phi) is 8.95. The van der Waals surface area contributed by atoms with Gasteiger partial charge in [-0.15, -0.1) is 0 Å². The number of rotatable bonds is 10. The molecule has 0 saturated heterocycles. The van der Waals surface area contributed by atoms with Gasteiger partial charge in [0.15, 0.2) is 0 Å². The maximum absolute atomic E-state index is 12.3. The second-order valence-corrected chi connectivity index (χ2v) is 7.01. The van der Waals surface area contributed by atoms with Crippen LogP contribution in [-0.2, 0) is 9.59 Å². The highest BCUT2D eigenvalue weighted by Gasteiger charge is 2.29. The molecule has 0 unspecified atom stereocenters. The number of carbonyl (C=O) groups excluding carboxylic acids is 2. The Morgan fingerprint density at radius 3 is 1.96 bits per heavy atom. The molecule has 0 aromatic heterocycles. The number of hydrogen-bond acceptors (Lipinski definition) is 4. The van der Waals surface area contributed by atoms with Gasteiger partial charge in [-0.3, -0.25) is 9.59 Å². The number of unbranched alkanes of at least 4 members (excludes halogenated alkanes) is 1. The zero-order valence-electron chi connectivity index (χ0n) is 16.5. The van der Waals surface area contributed by atoms with Gasteiger partial charge in [0.2, 0.25) is 11.8 Å². The van der Waals surface area contributed by atoms with Gasteiger partial charge >= 0.3 is 0 Å². The molecule has 0 atom stereocenters. The summed E-state index contributed by atoms with van der Waals surface area (Å²) in [5.74, 6) is 1.81. The normalized spacial score (nSPS) is 19.2. The molecule has 0 heterocycles. The van der Waals surface area contributed by atoms with Crippen molar-refractivity contribution in [3.8, 4) is 11.5 Å². The van der Waals surface area contributed by atoms with E-state index in [1.807, 2.05) is 24.3 Å². The Hall–Kier alpha value is -2.24. The van der Waals surface area contributed by atoms with Crippen molar-refractivity contribution in [3.05, 3.63) is 24.3 Å². The third kappa shape index (κ3) is 7.12. The van der Waals surface area contributed by atoms with E-state index in [4.69, 9.17) is 9.47 Å². The van der Waals surface area contributed by atoms with Crippen LogP contribution in [0.1, 0.15) is 45.4 Å². The molecule has 6 nitrogen and oxygen atoms in total. The average Bonchev–Trinajstić information content (AvgIpc) is 2.71. The summed E-state index contributed by atoms with van der Waals surface area (Å²) in [5.41, 5.74) is 0. The molecule has 0 spiro atoms. The quantitative estimate of drug-likeness (QED) is 0.616. The summed E-state index contributed by atoms with van der Waals surface area (Å²) in [6.07, 6.45) is 5.22. The molecule has 0 aliphatic heterocycles. The Labute approximate surface area is 162 Å². The standard InChI is InChI=1S/C21H32N2O4/c1-3-4-13-22-20(24)16-5-7-17(8-6-16)21(25)23-14-15-27-19-11-9-18(26-2)10-12-19/h9-12,16-17H,3-8,13-15H2,1-2H3,(H,22,24)(H,23,25). The number of methoxy groups -OCH3 is 1. The smallest absolute Gasteiger partial charge is 0.223 e. The molecule has 1 aliphatic carbocycles. The molecule has 1 fully saturated rings. The fourth-order valence-corrected chi connectivity index (χ4v) is 3.31. The molecule has 150 valence electrons. The second kappa shape index (κ2) is 11.5. The van der Waals surface area contributed by atoms with Crippen molar-refractivity contribution >= 4 is 11.8 Å². The molecular formula is C21H32N2O4. The van der Waals surface area contributed by atoms with Crippen LogP contribution in [0, 0.1) is 11.8 Å². The third-order valence-corrected chi connectivity index (χ3v) is 5.03. The minimum atomic E-state index is 0.00526. The highest BCUT2D eigenvalue weighted by atomic mass is 16.5. The van der Waals surface area contributed by atoms with Crippen molar-refractivity contribution in [3.63, 3.8) is 0 Å². The van der Waals surface area contributed by atoms with Crippen molar-refractivity contribution in [2.45, 2.75) is 45.4 Å². The van der Waals surface area contributed by atoms with Crippen molar-refractivity contribution in [2.75, 3.05) is 26.8 Å². The average molecular weight is 376 g/mol. The van der Waals surface area contributed by atoms with E-state index >= 15 is 0 Å². The molecule has 27 heavy (non-hydrogen) atoms. The molecule has 1 aliphatic rings. The lowest BCUT2D eigenvalue weighted by Gasteiger charge is -2.27. The molecule has 2 rings (SSSR count). The molecule has 2 amide bonds. The first kappa shape index (κ1) is 21.1. The number of carbonyl (C=O) groups is 2. The second-order valence-electron chi connectivity index (χ2n) is 7.01. The van der Waals surface area contributed by atoms with E-state index in [1.54, 1.807) is 7.11 Å². The minimum Gasteiger partial charge on any atom is -0.497 e. The molecular weight excluding hydrogens is 344 g/mol. The molecule has 0 radical (unpaired) electrons. The number of benzene rings is 1. The van der Waals surface area contributed by atoms with Crippen LogP contribution in [0.15, 0.2) is 24.3 Å². The van der Waals surface area contributed by atoms with Crippen molar-refractivity contribution < 1.29 is 19.1 Å². The van der Waals surface area contributed by atoms with Crippen LogP contribution in [0.3, 0.4) is 0 Å². The monoisotopic (exact) mass is 376 g/mol. The molecule has 1 aromatic rings. The summed E-state index contributed by atoms with van der Waals surface area (Å²) in [6, 6.07) is 7.36. The van der Waals surface area contributed by atoms with Crippen LogP contribution in [0.2, 0.25) is 0 Å². The summed E-state index contributed by atoms with van der Waals surface area (Å²) in [5, 5.41) is 5.94. The lowest BCUT2D eigenvalue weighted by molar-refractivity contribution is -0.130. The van der Waals surface area contributed by atoms with E-state index < -0.39 is 0 Å². The number of nitrogens with one attached hydrogen (secondary N) is 2. The first-order valence-corrected chi connectivity index (χ1v) is 9.96. The number of amides is 2. The van der Waals surface area contributed by atoms with Crippen molar-refractivity contribution in [1.82, 2.24) is 10.6 Å². The van der Waals surface area contributed by atoms with Gasteiger partial charge in [0, 0.05) is 18.4 Å². The third-order valence-electron chi connectivity index (χ3n) is 5.03. The maximum atomic E-state index is 12.3. The van der Waals surface area contributed by atoms with Crippen LogP contribution < -0.4 is 20.1 Å². The Morgan fingerprint density at radius 2 is 1.44 bits per heavy atom. The fraction of sp³-hybridized carbons (Fsp3) is 0.619. The van der Waals surface area contributed by atoms with Crippen LogP contribution in [0.4, 0.5) is 0 Å². The summed E-state index contributed by atoms with van der Waals surface area (Å²) in [4.78, 5) is 24.4. The Bertz CT molecular complexity index is 580. The van der Waals surface area contributed by atoms with Gasteiger partial charge in [-0.2, -0.15) is 0 Å². The molecule has 2 N–H and O–H groups in total. The summed E-state index contributed by atoms with van der Waals surface area (Å²) < 4.78 is 10.7. The van der Waals surface area contributed by atoms with Crippen LogP contribution in [0.5, 0.6) is 11.5 Å². The zero-order chi connectivity index (χ0) is 19.5. The lowest BCUT2D eigenvalue weighted by atomic mass is 9.81. The number of hydrogen-bond donors (Lipinski definition) is 2. The van der Waals surface area contributed by atoms with E-state index in [0.29, 0.717) is 13.2 Å². The van der Waals surface area contributed by atoms with E-state index in [-0.39, 0.29) is 23.7 Å². The van der Waals surface area contributed by atoms with E-state index in [0.717, 1.165) is 56.6 Å². The predicted molar refractivity (Wildman–Crippen MR) is 105 cm³/mol. The summed E-state index contributed by atoms with van der Waals surface area (Å²) in [7, 11) is 1.62. The first-order valence-electron chi connectivity index (χ1n) is 9.96. The zero-order valence-corrected chi connectivity index (χ0v) is 16.5. The largest absolute Gasteiger partial charge is 0.497 e. The maximum Gasteiger partial charge on any atom is 0.223 e. The van der Waals surface area contributed by atoms with Gasteiger partial charge in [-0.05, 0) is 56.4 Å². The van der Waals surface area contributed by atoms with Gasteiger partial charge in [0.1, 0.15) is 18.1 Å². The fourth-order valence-electron chi connectivity index (χ4n) is 3.31. The minimum absolute atomic E-state index is 0.00526. The highest BCUT2D eigenvalue weighted by molar-refractivity contribution is 5.81. The Balaban J connectivity index is 1.60. The van der Waals surface area contributed by atoms with Crippen molar-refractivity contribution in [1.29, 1.82) is 0 Å². The van der Waals surface area contributed by atoms with Crippen LogP contribution in [-0.4, -0.2) is 38.6 Å². The molecule has 6 heteroatoms. The molecule has 0 bridgehead atoms. The van der Waals surface area contributed by atoms with Gasteiger partial charge in [-0.1, -0.05) is 13.3 Å². The van der Waals surface area contributed by atoms with Crippen LogP contribution >= 0.6 is 0 Å². The van der Waals surface area contributed by atoms with Gasteiger partial charge < -0.3 is 20.1 Å². The highest BCUT2D eigenvalue weighted by Crippen LogP contribution is 2.29. The van der Waals surface area contributed by atoms with Crippen LogP contribution in [0.25, 0.3) is 0 Å². The van der Waals surface area contributed by atoms with Gasteiger partial charge in [-0.25, -0.2) is 0 Å². The predicted octanol–water partition coefficient (Wildman–Crippen LogP) is 2.91. The van der Waals surface area contributed by atoms with Gasteiger partial charge in [0.25, 0.3) is 0 Å². The lowest BCUT2D eigenvalue weighted by Crippen LogP contribution is -2.38. The molecule has 1 saturated carbocycles. The first-order chi connectivity index (χ1) is 13.1. The van der Waals surface area contributed by atoms with E-state index in [1.165, 1.54) is 0 Å². The summed E-state index contributed by atoms with van der Waals surface area (Å²) in [6.45, 7) is 3.76. The van der Waals surface area contributed by atoms with Crippen molar-refractivity contribution in [2.24, 2.45) is 11.8 Å². The van der Waals surface area contributed by atoms with E-state index in [9.17, 15) is 9.59 Å². The summed E-state index contributed by atoms with van der Waals surface area (Å²) >= 11 is 0. The molecule has 1 aromatic carbocycles. The Morgan fingerprint density at radius 1 is 0.926 bits per heavy atom. The van der Waals surface area contributed by atoms with Gasteiger partial charge in [0.05, 0.1) is 13.7 Å². The topological polar surface area (TPSA) is 76.7 Å².